The van der Waals surface area contributed by atoms with E-state index in [1.165, 1.54) is 13.0 Å². The Morgan fingerprint density at radius 1 is 1.08 bits per heavy atom. The van der Waals surface area contributed by atoms with Crippen molar-refractivity contribution in [2.45, 2.75) is 29.3 Å². The minimum atomic E-state index is -4.69. The summed E-state index contributed by atoms with van der Waals surface area (Å²) < 4.78 is 44.5. The van der Waals surface area contributed by atoms with Gasteiger partial charge in [-0.25, -0.2) is 4.79 Å². The Morgan fingerprint density at radius 3 is 2.23 bits per heavy atom. The summed E-state index contributed by atoms with van der Waals surface area (Å²) in [6.07, 6.45) is -4.82. The number of benzene rings is 2. The van der Waals surface area contributed by atoms with Crippen LogP contribution in [0.2, 0.25) is 0 Å². The van der Waals surface area contributed by atoms with Crippen molar-refractivity contribution in [2.75, 3.05) is 6.61 Å². The number of aliphatic carboxylic acids is 1. The van der Waals surface area contributed by atoms with Gasteiger partial charge in [-0.15, -0.1) is 0 Å². The molecule has 1 N–H and O–H groups in total. The molecule has 0 heterocycles. The number of carboxylic acids is 1. The minimum absolute atomic E-state index is 0.0185. The molecule has 0 saturated carbocycles. The smallest absolute Gasteiger partial charge is 0.417 e. The molecule has 0 aliphatic rings. The summed E-state index contributed by atoms with van der Waals surface area (Å²) in [5, 5.41) is 8.74. The molecular weight excluding hydrogens is 369 g/mol. The largest absolute Gasteiger partial charge is 0.481 e. The van der Waals surface area contributed by atoms with E-state index in [1.807, 2.05) is 0 Å². The van der Waals surface area contributed by atoms with Crippen molar-refractivity contribution in [3.05, 3.63) is 59.2 Å². The molecule has 138 valence electrons. The van der Waals surface area contributed by atoms with E-state index in [2.05, 4.69) is 4.74 Å². The summed E-state index contributed by atoms with van der Waals surface area (Å²) in [4.78, 5) is 23.3. The SMILES string of the molecule is CCOC(=O)c1ccc(Sc2ccc(CC(=O)O)cc2)cc1C(F)(F)F. The summed E-state index contributed by atoms with van der Waals surface area (Å²) >= 11 is 1.08. The fourth-order valence-electron chi connectivity index (χ4n) is 2.19. The van der Waals surface area contributed by atoms with Crippen molar-refractivity contribution in [1.29, 1.82) is 0 Å². The van der Waals surface area contributed by atoms with E-state index in [0.29, 0.717) is 15.4 Å². The first-order valence-electron chi connectivity index (χ1n) is 7.57. The second kappa shape index (κ2) is 8.27. The number of halogens is 3. The maximum absolute atomic E-state index is 13.3. The molecule has 0 bridgehead atoms. The first-order chi connectivity index (χ1) is 12.2. The number of hydrogen-bond donors (Lipinski definition) is 1. The molecule has 4 nitrogen and oxygen atoms in total. The Hall–Kier alpha value is -2.48. The van der Waals surface area contributed by atoms with Gasteiger partial charge in [0, 0.05) is 9.79 Å². The Labute approximate surface area is 152 Å². The molecule has 2 rings (SSSR count). The van der Waals surface area contributed by atoms with E-state index in [-0.39, 0.29) is 13.0 Å². The van der Waals surface area contributed by atoms with Gasteiger partial charge >= 0.3 is 18.1 Å². The molecule has 0 radical (unpaired) electrons. The molecule has 0 amide bonds. The highest BCUT2D eigenvalue weighted by Crippen LogP contribution is 2.37. The fraction of sp³-hybridized carbons (Fsp3) is 0.222. The minimum Gasteiger partial charge on any atom is -0.481 e. The maximum atomic E-state index is 13.3. The second-order valence-corrected chi connectivity index (χ2v) is 6.39. The summed E-state index contributed by atoms with van der Waals surface area (Å²) in [7, 11) is 0. The Kier molecular flexibility index (Phi) is 6.31. The van der Waals surface area contributed by atoms with Gasteiger partial charge in [-0.05, 0) is 42.8 Å². The third-order valence-electron chi connectivity index (χ3n) is 3.31. The Bertz CT molecular complexity index is 801. The first kappa shape index (κ1) is 19.8. The molecule has 0 saturated heterocycles. The molecule has 0 unspecified atom stereocenters. The molecule has 2 aromatic rings. The predicted octanol–water partition coefficient (Wildman–Crippen LogP) is 4.66. The predicted molar refractivity (Wildman–Crippen MR) is 89.3 cm³/mol. The lowest BCUT2D eigenvalue weighted by Gasteiger charge is -2.13. The molecule has 0 aromatic heterocycles. The van der Waals surface area contributed by atoms with Gasteiger partial charge in [-0.3, -0.25) is 4.79 Å². The summed E-state index contributed by atoms with van der Waals surface area (Å²) in [6, 6.07) is 9.90. The molecule has 0 atom stereocenters. The standard InChI is InChI=1S/C18H15F3O4S/c1-2-25-17(24)14-8-7-13(10-15(14)18(19,20)21)26-12-5-3-11(4-6-12)9-16(22)23/h3-8,10H,2,9H2,1H3,(H,22,23). The lowest BCUT2D eigenvalue weighted by Crippen LogP contribution is -2.15. The average molecular weight is 384 g/mol. The van der Waals surface area contributed by atoms with Crippen LogP contribution in [-0.4, -0.2) is 23.7 Å². The van der Waals surface area contributed by atoms with Gasteiger partial charge < -0.3 is 9.84 Å². The summed E-state index contributed by atoms with van der Waals surface area (Å²) in [5.41, 5.74) is -0.987. The normalized spacial score (nSPS) is 11.2. The molecular formula is C18H15F3O4S. The van der Waals surface area contributed by atoms with E-state index >= 15 is 0 Å². The summed E-state index contributed by atoms with van der Waals surface area (Å²) in [6.45, 7) is 1.50. The third-order valence-corrected chi connectivity index (χ3v) is 4.30. The van der Waals surface area contributed by atoms with Gasteiger partial charge in [0.05, 0.1) is 24.2 Å². The highest BCUT2D eigenvalue weighted by molar-refractivity contribution is 7.99. The zero-order valence-corrected chi connectivity index (χ0v) is 14.5. The van der Waals surface area contributed by atoms with Crippen molar-refractivity contribution in [1.82, 2.24) is 0 Å². The first-order valence-corrected chi connectivity index (χ1v) is 8.39. The van der Waals surface area contributed by atoms with Crippen LogP contribution in [0.3, 0.4) is 0 Å². The summed E-state index contributed by atoms with van der Waals surface area (Å²) in [5.74, 6) is -1.98. The number of carbonyl (C=O) groups is 2. The molecule has 0 spiro atoms. The number of carbonyl (C=O) groups excluding carboxylic acids is 1. The van der Waals surface area contributed by atoms with E-state index in [9.17, 15) is 22.8 Å². The zero-order chi connectivity index (χ0) is 19.3. The van der Waals surface area contributed by atoms with Crippen LogP contribution in [-0.2, 0) is 22.1 Å². The van der Waals surface area contributed by atoms with Crippen LogP contribution in [0.1, 0.15) is 28.4 Å². The fourth-order valence-corrected chi connectivity index (χ4v) is 3.05. The van der Waals surface area contributed by atoms with Crippen LogP contribution in [0, 0.1) is 0 Å². The monoisotopic (exact) mass is 384 g/mol. The van der Waals surface area contributed by atoms with Crippen molar-refractivity contribution in [3.8, 4) is 0 Å². The van der Waals surface area contributed by atoms with Gasteiger partial charge in [0.25, 0.3) is 0 Å². The van der Waals surface area contributed by atoms with Gasteiger partial charge in [0.2, 0.25) is 0 Å². The van der Waals surface area contributed by atoms with Crippen molar-refractivity contribution < 1.29 is 32.6 Å². The lowest BCUT2D eigenvalue weighted by atomic mass is 10.1. The Balaban J connectivity index is 2.27. The Morgan fingerprint density at radius 2 is 1.69 bits per heavy atom. The number of alkyl halides is 3. The highest BCUT2D eigenvalue weighted by Gasteiger charge is 2.36. The van der Waals surface area contributed by atoms with E-state index in [1.54, 1.807) is 24.3 Å². The van der Waals surface area contributed by atoms with Gasteiger partial charge in [0.15, 0.2) is 0 Å². The molecule has 0 aliphatic carbocycles. The average Bonchev–Trinajstić information content (AvgIpc) is 2.55. The van der Waals surface area contributed by atoms with Crippen molar-refractivity contribution >= 4 is 23.7 Å². The highest BCUT2D eigenvalue weighted by atomic mass is 32.2. The lowest BCUT2D eigenvalue weighted by molar-refractivity contribution is -0.138. The molecule has 0 aliphatic heterocycles. The number of esters is 1. The number of rotatable bonds is 6. The topological polar surface area (TPSA) is 63.6 Å². The van der Waals surface area contributed by atoms with Crippen LogP contribution >= 0.6 is 11.8 Å². The maximum Gasteiger partial charge on any atom is 0.417 e. The van der Waals surface area contributed by atoms with Crippen molar-refractivity contribution in [2.24, 2.45) is 0 Å². The molecule has 8 heteroatoms. The number of ether oxygens (including phenoxy) is 1. The van der Waals surface area contributed by atoms with Gasteiger partial charge in [-0.2, -0.15) is 13.2 Å². The van der Waals surface area contributed by atoms with Crippen LogP contribution < -0.4 is 0 Å². The molecule has 26 heavy (non-hydrogen) atoms. The van der Waals surface area contributed by atoms with E-state index < -0.39 is 29.2 Å². The van der Waals surface area contributed by atoms with Crippen LogP contribution in [0.5, 0.6) is 0 Å². The molecule has 0 fully saturated rings. The second-order valence-electron chi connectivity index (χ2n) is 5.24. The molecule has 2 aromatic carbocycles. The van der Waals surface area contributed by atoms with Crippen LogP contribution in [0.25, 0.3) is 0 Å². The third kappa shape index (κ3) is 5.26. The van der Waals surface area contributed by atoms with Crippen LogP contribution in [0.15, 0.2) is 52.3 Å². The quantitative estimate of drug-likeness (QED) is 0.734. The number of carboxylic acid groups (broad SMARTS) is 1. The van der Waals surface area contributed by atoms with E-state index in [4.69, 9.17) is 5.11 Å². The van der Waals surface area contributed by atoms with Crippen molar-refractivity contribution in [3.63, 3.8) is 0 Å². The van der Waals surface area contributed by atoms with Gasteiger partial charge in [0.1, 0.15) is 0 Å². The van der Waals surface area contributed by atoms with Crippen LogP contribution in [0.4, 0.5) is 13.2 Å². The zero-order valence-electron chi connectivity index (χ0n) is 13.7. The number of hydrogen-bond acceptors (Lipinski definition) is 4. The van der Waals surface area contributed by atoms with Gasteiger partial charge in [-0.1, -0.05) is 23.9 Å². The van der Waals surface area contributed by atoms with E-state index in [0.717, 1.165) is 23.9 Å².